The molecule has 5 N–H and O–H groups in total. The van der Waals surface area contributed by atoms with Gasteiger partial charge in [0.2, 0.25) is 0 Å². The topological polar surface area (TPSA) is 142 Å². The van der Waals surface area contributed by atoms with E-state index in [-0.39, 0.29) is 27.5 Å². The van der Waals surface area contributed by atoms with Crippen LogP contribution >= 0.6 is 11.8 Å². The lowest BCUT2D eigenvalue weighted by Gasteiger charge is -2.35. The van der Waals surface area contributed by atoms with Crippen molar-refractivity contribution in [3.8, 4) is 0 Å². The maximum atomic E-state index is 11.9. The van der Waals surface area contributed by atoms with Crippen LogP contribution in [0.25, 0.3) is 0 Å². The quantitative estimate of drug-likeness (QED) is 0.260. The summed E-state index contributed by atoms with van der Waals surface area (Å²) in [6.07, 6.45) is 1.28. The first kappa shape index (κ1) is 26.4. The van der Waals surface area contributed by atoms with Gasteiger partial charge in [-0.05, 0) is 35.3 Å². The van der Waals surface area contributed by atoms with Gasteiger partial charge in [-0.3, -0.25) is 14.8 Å². The van der Waals surface area contributed by atoms with E-state index >= 15 is 0 Å². The standard InChI is InChI=1S/C15H16N2OS.C10H16O4S/c16-15(17)19-14(12-9-5-2-6-10-12)13(18)11-7-3-1-4-8-11;1-9(2)7-3-4-10(9,8(11)5-7)6-15(12,13)14/h1-10,13-14,18H,(H3,16,17);7H,3-6H2,1-2H3,(H,12,13,14). The average molecular weight is 505 g/mol. The van der Waals surface area contributed by atoms with Gasteiger partial charge < -0.3 is 10.8 Å². The number of carbonyl (C=O) groups excluding carboxylic acids is 1. The predicted octanol–water partition coefficient (Wildman–Crippen LogP) is 4.36. The molecule has 0 amide bonds. The third-order valence-electron chi connectivity index (χ3n) is 7.38. The minimum Gasteiger partial charge on any atom is -0.387 e. The summed E-state index contributed by atoms with van der Waals surface area (Å²) < 4.78 is 31.0. The van der Waals surface area contributed by atoms with E-state index in [1.165, 1.54) is 11.8 Å². The van der Waals surface area contributed by atoms with Crippen LogP contribution in [0.5, 0.6) is 0 Å². The summed E-state index contributed by atoms with van der Waals surface area (Å²) >= 11 is 1.17. The Labute approximate surface area is 205 Å². The number of hydrogen-bond donors (Lipinski definition) is 4. The minimum absolute atomic E-state index is 0.00355. The summed E-state index contributed by atoms with van der Waals surface area (Å²) in [4.78, 5) is 11.9. The highest BCUT2D eigenvalue weighted by Gasteiger charge is 2.65. The number of hydrogen-bond acceptors (Lipinski definition) is 6. The van der Waals surface area contributed by atoms with Gasteiger partial charge in [0.15, 0.2) is 5.17 Å². The molecule has 0 aliphatic heterocycles. The van der Waals surface area contributed by atoms with Gasteiger partial charge in [-0.2, -0.15) is 8.42 Å². The fraction of sp³-hybridized carbons (Fsp3) is 0.440. The normalized spacial score (nSPS) is 24.7. The van der Waals surface area contributed by atoms with Crippen molar-refractivity contribution in [3.63, 3.8) is 0 Å². The van der Waals surface area contributed by atoms with Crippen LogP contribution in [-0.4, -0.2) is 34.8 Å². The molecule has 2 aliphatic rings. The van der Waals surface area contributed by atoms with E-state index in [1.807, 2.05) is 74.5 Å². The highest BCUT2D eigenvalue weighted by atomic mass is 32.2. The van der Waals surface area contributed by atoms with E-state index in [9.17, 15) is 18.3 Å². The van der Waals surface area contributed by atoms with E-state index in [4.69, 9.17) is 15.7 Å². The van der Waals surface area contributed by atoms with Crippen LogP contribution in [0.2, 0.25) is 0 Å². The Morgan fingerprint density at radius 3 is 2.06 bits per heavy atom. The number of fused-ring (bicyclic) bond motifs is 2. The number of thioether (sulfide) groups is 1. The van der Waals surface area contributed by atoms with E-state index in [0.717, 1.165) is 17.5 Å². The molecule has 2 aromatic carbocycles. The van der Waals surface area contributed by atoms with E-state index in [0.29, 0.717) is 12.8 Å². The zero-order valence-electron chi connectivity index (χ0n) is 19.3. The van der Waals surface area contributed by atoms with Crippen molar-refractivity contribution in [2.24, 2.45) is 22.5 Å². The molecule has 2 aromatic rings. The number of ketones is 1. The lowest BCUT2D eigenvalue weighted by Crippen LogP contribution is -2.42. The van der Waals surface area contributed by atoms with Crippen LogP contribution in [-0.2, 0) is 14.9 Å². The molecule has 184 valence electrons. The van der Waals surface area contributed by atoms with Crippen molar-refractivity contribution < 1.29 is 22.9 Å². The molecule has 0 spiro atoms. The predicted molar refractivity (Wildman–Crippen MR) is 135 cm³/mol. The van der Waals surface area contributed by atoms with Crippen LogP contribution in [0.3, 0.4) is 0 Å². The van der Waals surface area contributed by atoms with Gasteiger partial charge in [0.05, 0.1) is 22.5 Å². The molecule has 9 heteroatoms. The maximum absolute atomic E-state index is 11.9. The molecular weight excluding hydrogens is 472 g/mol. The van der Waals surface area contributed by atoms with Gasteiger partial charge in [-0.15, -0.1) is 0 Å². The van der Waals surface area contributed by atoms with Gasteiger partial charge in [0, 0.05) is 6.42 Å². The van der Waals surface area contributed by atoms with Gasteiger partial charge in [-0.25, -0.2) is 0 Å². The molecule has 0 radical (unpaired) electrons. The Hall–Kier alpha value is -2.20. The van der Waals surface area contributed by atoms with Crippen LogP contribution in [0, 0.1) is 22.2 Å². The second kappa shape index (κ2) is 10.2. The number of aliphatic hydroxyl groups excluding tert-OH is 1. The fourth-order valence-electron chi connectivity index (χ4n) is 5.34. The Morgan fingerprint density at radius 2 is 1.65 bits per heavy atom. The summed E-state index contributed by atoms with van der Waals surface area (Å²) in [6.45, 7) is 3.89. The molecule has 2 saturated carbocycles. The molecule has 2 bridgehead atoms. The number of carbonyl (C=O) groups is 1. The minimum atomic E-state index is -4.08. The molecule has 0 heterocycles. The summed E-state index contributed by atoms with van der Waals surface area (Å²) in [7, 11) is -4.08. The molecule has 2 aliphatic carbocycles. The third-order valence-corrected chi connectivity index (χ3v) is 9.27. The zero-order chi connectivity index (χ0) is 25.1. The molecular formula is C25H32N2O5S2. The second-order valence-electron chi connectivity index (χ2n) is 9.56. The van der Waals surface area contributed by atoms with Gasteiger partial charge in [0.25, 0.3) is 10.1 Å². The van der Waals surface area contributed by atoms with Crippen molar-refractivity contribution in [2.75, 3.05) is 5.75 Å². The van der Waals surface area contributed by atoms with Crippen LogP contribution in [0.4, 0.5) is 0 Å². The highest BCUT2D eigenvalue weighted by molar-refractivity contribution is 8.13. The Kier molecular flexibility index (Phi) is 7.92. The summed E-state index contributed by atoms with van der Waals surface area (Å²) in [5, 5.41) is 17.7. The van der Waals surface area contributed by atoms with E-state index in [1.54, 1.807) is 0 Å². The van der Waals surface area contributed by atoms with E-state index in [2.05, 4.69) is 0 Å². The van der Waals surface area contributed by atoms with Crippen molar-refractivity contribution in [2.45, 2.75) is 44.5 Å². The van der Waals surface area contributed by atoms with Crippen LogP contribution in [0.1, 0.15) is 55.6 Å². The van der Waals surface area contributed by atoms with Crippen LogP contribution < -0.4 is 5.73 Å². The summed E-state index contributed by atoms with van der Waals surface area (Å²) in [5.74, 6) is -0.101. The first-order valence-electron chi connectivity index (χ1n) is 11.1. The first-order chi connectivity index (χ1) is 15.9. The lowest BCUT2D eigenvalue weighted by atomic mass is 9.70. The highest BCUT2D eigenvalue weighted by Crippen LogP contribution is 2.64. The largest absolute Gasteiger partial charge is 0.387 e. The number of aliphatic hydroxyl groups is 1. The number of Topliss-reactive ketones (excluding diaryl/α,β-unsaturated/α-hetero) is 1. The number of rotatable bonds is 6. The SMILES string of the molecule is CC1(C)C2CCC1(CS(=O)(=O)O)C(=O)C2.N=C(N)SC(c1ccccc1)C(O)c1ccccc1. The van der Waals surface area contributed by atoms with Gasteiger partial charge >= 0.3 is 0 Å². The maximum Gasteiger partial charge on any atom is 0.265 e. The number of amidine groups is 1. The van der Waals surface area contributed by atoms with Crippen molar-refractivity contribution in [1.29, 1.82) is 5.41 Å². The Bertz CT molecular complexity index is 1120. The monoisotopic (exact) mass is 504 g/mol. The molecule has 4 atom stereocenters. The first-order valence-corrected chi connectivity index (χ1v) is 13.6. The van der Waals surface area contributed by atoms with Crippen molar-refractivity contribution in [1.82, 2.24) is 0 Å². The van der Waals surface area contributed by atoms with Crippen molar-refractivity contribution >= 4 is 32.8 Å². The fourth-order valence-corrected chi connectivity index (χ4v) is 7.49. The second-order valence-corrected chi connectivity index (χ2v) is 12.2. The summed E-state index contributed by atoms with van der Waals surface area (Å²) in [5.41, 5.74) is 6.14. The zero-order valence-corrected chi connectivity index (χ0v) is 21.0. The van der Waals surface area contributed by atoms with Crippen molar-refractivity contribution in [3.05, 3.63) is 71.8 Å². The Balaban J connectivity index is 0.000000196. The molecule has 4 unspecified atom stereocenters. The molecule has 7 nitrogen and oxygen atoms in total. The number of nitrogens with one attached hydrogen (secondary N) is 1. The molecule has 2 fully saturated rings. The van der Waals surface area contributed by atoms with Gasteiger partial charge in [-0.1, -0.05) is 86.3 Å². The third kappa shape index (κ3) is 5.54. The van der Waals surface area contributed by atoms with Crippen LogP contribution in [0.15, 0.2) is 60.7 Å². The lowest BCUT2D eigenvalue weighted by molar-refractivity contribution is -0.128. The smallest absolute Gasteiger partial charge is 0.265 e. The molecule has 0 saturated heterocycles. The van der Waals surface area contributed by atoms with Gasteiger partial charge in [0.1, 0.15) is 5.78 Å². The average Bonchev–Trinajstić information content (AvgIpc) is 3.12. The number of nitrogens with two attached hydrogens (primary N) is 1. The Morgan fingerprint density at radius 1 is 1.12 bits per heavy atom. The molecule has 34 heavy (non-hydrogen) atoms. The molecule has 4 rings (SSSR count). The van der Waals surface area contributed by atoms with E-state index < -0.39 is 27.4 Å². The number of benzene rings is 2. The summed E-state index contributed by atoms with van der Waals surface area (Å²) in [6, 6.07) is 19.1. The molecule has 0 aromatic heterocycles.